The molecule has 2 aromatic rings. The van der Waals surface area contributed by atoms with Gasteiger partial charge in [0.05, 0.1) is 19.3 Å². The Morgan fingerprint density at radius 2 is 1.96 bits per heavy atom. The minimum Gasteiger partial charge on any atom is -0.497 e. The first-order chi connectivity index (χ1) is 12.1. The van der Waals surface area contributed by atoms with Crippen molar-refractivity contribution in [1.29, 1.82) is 0 Å². The van der Waals surface area contributed by atoms with E-state index in [4.69, 9.17) is 4.74 Å². The fraction of sp³-hybridized carbons (Fsp3) is 0.294. The van der Waals surface area contributed by atoms with E-state index in [1.165, 1.54) is 13.2 Å². The van der Waals surface area contributed by atoms with Gasteiger partial charge in [-0.15, -0.1) is 24.0 Å². The van der Waals surface area contributed by atoms with Crippen LogP contribution in [0.5, 0.6) is 11.5 Å². The van der Waals surface area contributed by atoms with E-state index in [2.05, 4.69) is 25.3 Å². The summed E-state index contributed by atoms with van der Waals surface area (Å²) in [6, 6.07) is 10.3. The smallest absolute Gasteiger partial charge is 0.387 e. The molecule has 0 aliphatic carbocycles. The zero-order valence-corrected chi connectivity index (χ0v) is 16.7. The third kappa shape index (κ3) is 6.98. The number of benzene rings is 1. The van der Waals surface area contributed by atoms with Gasteiger partial charge in [-0.25, -0.2) is 0 Å². The number of pyridine rings is 1. The molecule has 1 aromatic carbocycles. The first-order valence-electron chi connectivity index (χ1n) is 7.58. The molecular formula is C17H21F2IN4O2. The number of nitrogens with one attached hydrogen (secondary N) is 2. The first-order valence-corrected chi connectivity index (χ1v) is 7.58. The molecule has 0 amide bonds. The fourth-order valence-electron chi connectivity index (χ4n) is 2.11. The van der Waals surface area contributed by atoms with Crippen LogP contribution in [0.3, 0.4) is 0 Å². The molecule has 2 N–H and O–H groups in total. The van der Waals surface area contributed by atoms with Crippen molar-refractivity contribution in [3.8, 4) is 11.5 Å². The van der Waals surface area contributed by atoms with Crippen LogP contribution >= 0.6 is 24.0 Å². The van der Waals surface area contributed by atoms with E-state index in [1.54, 1.807) is 25.4 Å². The van der Waals surface area contributed by atoms with Gasteiger partial charge in [0, 0.05) is 25.4 Å². The molecule has 0 aliphatic rings. The summed E-state index contributed by atoms with van der Waals surface area (Å²) in [6.45, 7) is -2.17. The molecular weight excluding hydrogens is 457 g/mol. The van der Waals surface area contributed by atoms with E-state index in [-0.39, 0.29) is 36.3 Å². The molecule has 0 aliphatic heterocycles. The standard InChI is InChI=1S/C17H20F2N4O2.HI/c1-20-17(23-11-13-5-3-4-8-21-13)22-10-12-9-14(24-2)6-7-15(12)25-16(18)19;/h3-9,16H,10-11H2,1-2H3,(H2,20,22,23);1H. The summed E-state index contributed by atoms with van der Waals surface area (Å²) in [4.78, 5) is 8.31. The number of nitrogens with zero attached hydrogens (tertiary/aromatic N) is 2. The Kier molecular flexibility index (Phi) is 9.63. The Morgan fingerprint density at radius 1 is 1.19 bits per heavy atom. The van der Waals surface area contributed by atoms with Crippen molar-refractivity contribution < 1.29 is 18.3 Å². The maximum atomic E-state index is 12.5. The normalized spacial score (nSPS) is 10.9. The predicted octanol–water partition coefficient (Wildman–Crippen LogP) is 3.17. The highest BCUT2D eigenvalue weighted by molar-refractivity contribution is 14.0. The number of alkyl halides is 2. The summed E-state index contributed by atoms with van der Waals surface area (Å²) >= 11 is 0. The average Bonchev–Trinajstić information content (AvgIpc) is 2.63. The van der Waals surface area contributed by atoms with E-state index in [1.807, 2.05) is 18.2 Å². The quantitative estimate of drug-likeness (QED) is 0.364. The maximum Gasteiger partial charge on any atom is 0.387 e. The lowest BCUT2D eigenvalue weighted by molar-refractivity contribution is -0.0504. The van der Waals surface area contributed by atoms with Crippen LogP contribution in [0.1, 0.15) is 11.3 Å². The Bertz CT molecular complexity index is 702. The summed E-state index contributed by atoms with van der Waals surface area (Å²) in [5.74, 6) is 1.15. The molecule has 0 unspecified atom stereocenters. The third-order valence-electron chi connectivity index (χ3n) is 3.32. The number of methoxy groups -OCH3 is 1. The minimum absolute atomic E-state index is 0. The number of rotatable bonds is 7. The second kappa shape index (κ2) is 11.4. The number of hydrogen-bond acceptors (Lipinski definition) is 4. The molecule has 0 radical (unpaired) electrons. The van der Waals surface area contributed by atoms with Crippen LogP contribution in [0.4, 0.5) is 8.78 Å². The Balaban J connectivity index is 0.00000338. The van der Waals surface area contributed by atoms with E-state index < -0.39 is 6.61 Å². The van der Waals surface area contributed by atoms with Crippen molar-refractivity contribution in [1.82, 2.24) is 15.6 Å². The highest BCUT2D eigenvalue weighted by Crippen LogP contribution is 2.25. The molecule has 0 bridgehead atoms. The number of aliphatic imine (C=N–C) groups is 1. The molecule has 0 saturated carbocycles. The van der Waals surface area contributed by atoms with Gasteiger partial charge in [-0.3, -0.25) is 9.98 Å². The zero-order chi connectivity index (χ0) is 18.1. The van der Waals surface area contributed by atoms with Crippen molar-refractivity contribution in [2.24, 2.45) is 4.99 Å². The molecule has 1 heterocycles. The first kappa shape index (κ1) is 21.9. The molecule has 142 valence electrons. The summed E-state index contributed by atoms with van der Waals surface area (Å²) in [6.07, 6.45) is 1.71. The van der Waals surface area contributed by atoms with Crippen LogP contribution in [-0.4, -0.2) is 31.7 Å². The van der Waals surface area contributed by atoms with Gasteiger partial charge in [0.15, 0.2) is 5.96 Å². The summed E-state index contributed by atoms with van der Waals surface area (Å²) in [7, 11) is 3.13. The number of hydrogen-bond donors (Lipinski definition) is 2. The van der Waals surface area contributed by atoms with Gasteiger partial charge in [-0.2, -0.15) is 8.78 Å². The van der Waals surface area contributed by atoms with Crippen molar-refractivity contribution >= 4 is 29.9 Å². The molecule has 0 atom stereocenters. The highest BCUT2D eigenvalue weighted by Gasteiger charge is 2.11. The summed E-state index contributed by atoms with van der Waals surface area (Å²) in [5.41, 5.74) is 1.38. The second-order valence-corrected chi connectivity index (χ2v) is 4.95. The van der Waals surface area contributed by atoms with Gasteiger partial charge >= 0.3 is 6.61 Å². The second-order valence-electron chi connectivity index (χ2n) is 4.95. The average molecular weight is 478 g/mol. The van der Waals surface area contributed by atoms with Crippen LogP contribution in [-0.2, 0) is 13.1 Å². The van der Waals surface area contributed by atoms with Crippen molar-refractivity contribution in [2.75, 3.05) is 14.2 Å². The number of guanidine groups is 1. The van der Waals surface area contributed by atoms with Gasteiger partial charge in [-0.05, 0) is 30.3 Å². The largest absolute Gasteiger partial charge is 0.497 e. The minimum atomic E-state index is -2.89. The molecule has 9 heteroatoms. The number of aromatic nitrogens is 1. The van der Waals surface area contributed by atoms with Crippen LogP contribution in [0.25, 0.3) is 0 Å². The maximum absolute atomic E-state index is 12.5. The monoisotopic (exact) mass is 478 g/mol. The lowest BCUT2D eigenvalue weighted by atomic mass is 10.2. The summed E-state index contributed by atoms with van der Waals surface area (Å²) < 4.78 is 34.7. The third-order valence-corrected chi connectivity index (χ3v) is 3.32. The van der Waals surface area contributed by atoms with Crippen LogP contribution in [0, 0.1) is 0 Å². The Labute approximate surface area is 168 Å². The fourth-order valence-corrected chi connectivity index (χ4v) is 2.11. The van der Waals surface area contributed by atoms with E-state index >= 15 is 0 Å². The molecule has 0 saturated heterocycles. The Morgan fingerprint density at radius 3 is 2.58 bits per heavy atom. The SMILES string of the molecule is CN=C(NCc1ccccn1)NCc1cc(OC)ccc1OC(F)F.I. The van der Waals surface area contributed by atoms with E-state index in [0.717, 1.165) is 5.69 Å². The van der Waals surface area contributed by atoms with Crippen molar-refractivity contribution in [3.63, 3.8) is 0 Å². The molecule has 0 fully saturated rings. The van der Waals surface area contributed by atoms with Crippen LogP contribution in [0.2, 0.25) is 0 Å². The highest BCUT2D eigenvalue weighted by atomic mass is 127. The van der Waals surface area contributed by atoms with Gasteiger partial charge in [0.1, 0.15) is 11.5 Å². The van der Waals surface area contributed by atoms with Gasteiger partial charge in [-0.1, -0.05) is 6.07 Å². The Hall–Kier alpha value is -2.17. The summed E-state index contributed by atoms with van der Waals surface area (Å²) in [5, 5.41) is 6.15. The molecule has 26 heavy (non-hydrogen) atoms. The lowest BCUT2D eigenvalue weighted by Crippen LogP contribution is -2.36. The van der Waals surface area contributed by atoms with Gasteiger partial charge in [0.25, 0.3) is 0 Å². The van der Waals surface area contributed by atoms with Crippen LogP contribution in [0.15, 0.2) is 47.6 Å². The molecule has 1 aromatic heterocycles. The van der Waals surface area contributed by atoms with E-state index in [0.29, 0.717) is 23.8 Å². The molecule has 6 nitrogen and oxygen atoms in total. The molecule has 2 rings (SSSR count). The predicted molar refractivity (Wildman–Crippen MR) is 106 cm³/mol. The van der Waals surface area contributed by atoms with Gasteiger partial charge < -0.3 is 20.1 Å². The van der Waals surface area contributed by atoms with Crippen molar-refractivity contribution in [3.05, 3.63) is 53.9 Å². The topological polar surface area (TPSA) is 67.8 Å². The number of ether oxygens (including phenoxy) is 2. The van der Waals surface area contributed by atoms with Crippen LogP contribution < -0.4 is 20.1 Å². The molecule has 0 spiro atoms. The van der Waals surface area contributed by atoms with E-state index in [9.17, 15) is 8.78 Å². The lowest BCUT2D eigenvalue weighted by Gasteiger charge is -2.15. The van der Waals surface area contributed by atoms with Gasteiger partial charge in [0.2, 0.25) is 0 Å². The zero-order valence-electron chi connectivity index (χ0n) is 14.4. The number of halogens is 3. The van der Waals surface area contributed by atoms with Crippen molar-refractivity contribution in [2.45, 2.75) is 19.7 Å².